The Balaban J connectivity index is 2.34. The molecule has 0 amide bonds. The van der Waals surface area contributed by atoms with Gasteiger partial charge in [0.1, 0.15) is 5.58 Å². The van der Waals surface area contributed by atoms with Crippen molar-refractivity contribution >= 4 is 16.9 Å². The first kappa shape index (κ1) is 15.8. The smallest absolute Gasteiger partial charge is 0.307 e. The zero-order chi connectivity index (χ0) is 17.3. The molecule has 0 spiro atoms. The molecule has 1 N–H and O–H groups in total. The Morgan fingerprint density at radius 1 is 1.17 bits per heavy atom. The van der Waals surface area contributed by atoms with E-state index in [1.807, 2.05) is 31.2 Å². The van der Waals surface area contributed by atoms with Crippen molar-refractivity contribution in [1.82, 2.24) is 0 Å². The lowest BCUT2D eigenvalue weighted by Crippen LogP contribution is -2.09. The Bertz CT molecular complexity index is 967. The standard InChI is InChI=1S/C19H16O5/c1-11-6-8-12(9-7-11)18-19(23-2)16(22)14-5-3-4-13(10-15(20)21)17(14)24-18/h3-9H,10H2,1-2H3,(H,20,21). The summed E-state index contributed by atoms with van der Waals surface area (Å²) in [6.45, 7) is 1.96. The largest absolute Gasteiger partial charge is 0.490 e. The SMILES string of the molecule is COc1c(-c2ccc(C)cc2)oc2c(CC(=O)O)cccc2c1=O. The van der Waals surface area contributed by atoms with Crippen LogP contribution >= 0.6 is 0 Å². The lowest BCUT2D eigenvalue weighted by molar-refractivity contribution is -0.136. The molecule has 3 rings (SSSR count). The number of methoxy groups -OCH3 is 1. The van der Waals surface area contributed by atoms with Gasteiger partial charge in [-0.1, -0.05) is 42.0 Å². The Morgan fingerprint density at radius 2 is 1.88 bits per heavy atom. The van der Waals surface area contributed by atoms with Gasteiger partial charge in [-0.3, -0.25) is 9.59 Å². The number of hydrogen-bond acceptors (Lipinski definition) is 4. The predicted octanol–water partition coefficient (Wildman–Crippen LogP) is 3.40. The van der Waals surface area contributed by atoms with E-state index >= 15 is 0 Å². The Labute approximate surface area is 138 Å². The van der Waals surface area contributed by atoms with Crippen molar-refractivity contribution in [3.63, 3.8) is 0 Å². The van der Waals surface area contributed by atoms with Crippen LogP contribution in [0.4, 0.5) is 0 Å². The number of aryl methyl sites for hydroxylation is 1. The fraction of sp³-hybridized carbons (Fsp3) is 0.158. The second-order valence-corrected chi connectivity index (χ2v) is 5.52. The summed E-state index contributed by atoms with van der Waals surface area (Å²) in [5.41, 5.74) is 2.19. The van der Waals surface area contributed by atoms with Crippen LogP contribution in [0.2, 0.25) is 0 Å². The van der Waals surface area contributed by atoms with E-state index in [4.69, 9.17) is 14.3 Å². The van der Waals surface area contributed by atoms with Crippen LogP contribution in [-0.4, -0.2) is 18.2 Å². The normalized spacial score (nSPS) is 10.8. The Hall–Kier alpha value is -3.08. The van der Waals surface area contributed by atoms with E-state index in [1.165, 1.54) is 7.11 Å². The lowest BCUT2D eigenvalue weighted by atomic mass is 10.0. The number of para-hydroxylation sites is 1. The van der Waals surface area contributed by atoms with Gasteiger partial charge in [0.05, 0.1) is 18.9 Å². The molecule has 122 valence electrons. The van der Waals surface area contributed by atoms with Crippen molar-refractivity contribution in [2.75, 3.05) is 7.11 Å². The first-order chi connectivity index (χ1) is 11.5. The van der Waals surface area contributed by atoms with E-state index in [9.17, 15) is 9.59 Å². The van der Waals surface area contributed by atoms with Gasteiger partial charge in [0.25, 0.3) is 0 Å². The minimum atomic E-state index is -0.988. The fourth-order valence-corrected chi connectivity index (χ4v) is 2.64. The number of carboxylic acids is 1. The molecule has 2 aromatic carbocycles. The molecule has 3 aromatic rings. The third kappa shape index (κ3) is 2.76. The summed E-state index contributed by atoms with van der Waals surface area (Å²) >= 11 is 0. The van der Waals surface area contributed by atoms with Crippen LogP contribution in [0.1, 0.15) is 11.1 Å². The summed E-state index contributed by atoms with van der Waals surface area (Å²) in [6.07, 6.45) is -0.222. The maximum Gasteiger partial charge on any atom is 0.307 e. The van der Waals surface area contributed by atoms with E-state index in [0.29, 0.717) is 22.3 Å². The van der Waals surface area contributed by atoms with Crippen molar-refractivity contribution in [2.24, 2.45) is 0 Å². The van der Waals surface area contributed by atoms with Crippen LogP contribution in [0.5, 0.6) is 5.75 Å². The van der Waals surface area contributed by atoms with Crippen LogP contribution in [0.25, 0.3) is 22.3 Å². The molecule has 0 fully saturated rings. The molecule has 1 heterocycles. The number of hydrogen-bond donors (Lipinski definition) is 1. The molecule has 0 aliphatic carbocycles. The minimum Gasteiger partial charge on any atom is -0.490 e. The third-order valence-electron chi connectivity index (χ3n) is 3.82. The zero-order valence-corrected chi connectivity index (χ0v) is 13.3. The Kier molecular flexibility index (Phi) is 4.08. The summed E-state index contributed by atoms with van der Waals surface area (Å²) in [6, 6.07) is 12.4. The number of carbonyl (C=O) groups is 1. The number of ether oxygens (including phenoxy) is 1. The number of benzene rings is 2. The average molecular weight is 324 g/mol. The van der Waals surface area contributed by atoms with Crippen LogP contribution in [-0.2, 0) is 11.2 Å². The topological polar surface area (TPSA) is 76.7 Å². The molecule has 1 aromatic heterocycles. The molecule has 0 atom stereocenters. The molecular weight excluding hydrogens is 308 g/mol. The van der Waals surface area contributed by atoms with Gasteiger partial charge in [-0.25, -0.2) is 0 Å². The first-order valence-corrected chi connectivity index (χ1v) is 7.42. The third-order valence-corrected chi connectivity index (χ3v) is 3.82. The summed E-state index contributed by atoms with van der Waals surface area (Å²) in [5, 5.41) is 9.38. The summed E-state index contributed by atoms with van der Waals surface area (Å²) in [7, 11) is 1.41. The van der Waals surface area contributed by atoms with Crippen molar-refractivity contribution < 1.29 is 19.1 Å². The van der Waals surface area contributed by atoms with Crippen LogP contribution in [0, 0.1) is 6.92 Å². The van der Waals surface area contributed by atoms with Gasteiger partial charge in [0.2, 0.25) is 11.2 Å². The lowest BCUT2D eigenvalue weighted by Gasteiger charge is -2.11. The van der Waals surface area contributed by atoms with Crippen molar-refractivity contribution in [3.8, 4) is 17.1 Å². The van der Waals surface area contributed by atoms with Gasteiger partial charge in [0.15, 0.2) is 5.76 Å². The first-order valence-electron chi connectivity index (χ1n) is 7.42. The van der Waals surface area contributed by atoms with E-state index in [0.717, 1.165) is 5.56 Å². The van der Waals surface area contributed by atoms with E-state index in [1.54, 1.807) is 18.2 Å². The highest BCUT2D eigenvalue weighted by atomic mass is 16.5. The highest BCUT2D eigenvalue weighted by Gasteiger charge is 2.19. The van der Waals surface area contributed by atoms with Gasteiger partial charge in [-0.05, 0) is 13.0 Å². The number of carboxylic acid groups (broad SMARTS) is 1. The van der Waals surface area contributed by atoms with Crippen molar-refractivity contribution in [1.29, 1.82) is 0 Å². The van der Waals surface area contributed by atoms with Crippen molar-refractivity contribution in [2.45, 2.75) is 13.3 Å². The quantitative estimate of drug-likeness (QED) is 0.796. The second-order valence-electron chi connectivity index (χ2n) is 5.52. The zero-order valence-electron chi connectivity index (χ0n) is 13.3. The van der Waals surface area contributed by atoms with E-state index in [2.05, 4.69) is 0 Å². The molecule has 5 nitrogen and oxygen atoms in total. The Morgan fingerprint density at radius 3 is 2.50 bits per heavy atom. The molecule has 0 aliphatic heterocycles. The molecule has 5 heteroatoms. The molecular formula is C19H16O5. The van der Waals surface area contributed by atoms with Crippen LogP contribution in [0.3, 0.4) is 0 Å². The van der Waals surface area contributed by atoms with Crippen molar-refractivity contribution in [3.05, 3.63) is 63.8 Å². The monoisotopic (exact) mass is 324 g/mol. The summed E-state index contributed by atoms with van der Waals surface area (Å²) < 4.78 is 11.2. The highest BCUT2D eigenvalue weighted by molar-refractivity contribution is 5.87. The molecule has 0 saturated carbocycles. The average Bonchev–Trinajstić information content (AvgIpc) is 2.55. The molecule has 0 radical (unpaired) electrons. The van der Waals surface area contributed by atoms with Gasteiger partial charge in [0, 0.05) is 11.1 Å². The summed E-state index contributed by atoms with van der Waals surface area (Å²) in [5.74, 6) is -0.579. The molecule has 0 saturated heterocycles. The van der Waals surface area contributed by atoms with Gasteiger partial charge >= 0.3 is 5.97 Å². The number of fused-ring (bicyclic) bond motifs is 1. The van der Waals surface area contributed by atoms with Gasteiger partial charge in [-0.2, -0.15) is 0 Å². The fourth-order valence-electron chi connectivity index (χ4n) is 2.64. The van der Waals surface area contributed by atoms with Crippen LogP contribution < -0.4 is 10.2 Å². The number of aliphatic carboxylic acids is 1. The highest BCUT2D eigenvalue weighted by Crippen LogP contribution is 2.32. The molecule has 0 aliphatic rings. The second kappa shape index (κ2) is 6.20. The van der Waals surface area contributed by atoms with Gasteiger partial charge in [-0.15, -0.1) is 0 Å². The number of rotatable bonds is 4. The van der Waals surface area contributed by atoms with Gasteiger partial charge < -0.3 is 14.3 Å². The van der Waals surface area contributed by atoms with E-state index < -0.39 is 5.97 Å². The minimum absolute atomic E-state index is 0.110. The van der Waals surface area contributed by atoms with E-state index in [-0.39, 0.29) is 23.2 Å². The molecule has 0 bridgehead atoms. The molecule has 0 unspecified atom stereocenters. The van der Waals surface area contributed by atoms with Crippen LogP contribution in [0.15, 0.2) is 51.7 Å². The predicted molar refractivity (Wildman–Crippen MR) is 90.5 cm³/mol. The molecule has 24 heavy (non-hydrogen) atoms. The maximum absolute atomic E-state index is 12.7. The summed E-state index contributed by atoms with van der Waals surface area (Å²) in [4.78, 5) is 23.8. The maximum atomic E-state index is 12.7.